The van der Waals surface area contributed by atoms with Crippen molar-refractivity contribution in [1.29, 1.82) is 0 Å². The van der Waals surface area contributed by atoms with E-state index in [9.17, 15) is 0 Å². The minimum absolute atomic E-state index is 0.339. The number of rotatable bonds is 5. The van der Waals surface area contributed by atoms with Crippen LogP contribution in [0, 0.1) is 5.92 Å². The van der Waals surface area contributed by atoms with Crippen LogP contribution in [-0.2, 0) is 4.74 Å². The van der Waals surface area contributed by atoms with Crippen LogP contribution in [0.25, 0.3) is 0 Å². The molecule has 0 radical (unpaired) electrons. The van der Waals surface area contributed by atoms with E-state index >= 15 is 0 Å². The molecule has 2 fully saturated rings. The number of ether oxygens (including phenoxy) is 1. The molecule has 2 aliphatic rings. The van der Waals surface area contributed by atoms with Gasteiger partial charge < -0.3 is 10.1 Å². The maximum atomic E-state index is 5.45. The molecule has 1 heterocycles. The van der Waals surface area contributed by atoms with E-state index in [1.165, 1.54) is 51.6 Å². The first-order chi connectivity index (χ1) is 9.12. The summed E-state index contributed by atoms with van der Waals surface area (Å²) in [7, 11) is 1.86. The van der Waals surface area contributed by atoms with Crippen molar-refractivity contribution in [3.8, 4) is 0 Å². The van der Waals surface area contributed by atoms with E-state index in [1.807, 2.05) is 7.11 Å². The van der Waals surface area contributed by atoms with Crippen molar-refractivity contribution in [2.45, 2.75) is 64.0 Å². The molecule has 1 N–H and O–H groups in total. The van der Waals surface area contributed by atoms with Gasteiger partial charge in [0.05, 0.1) is 6.10 Å². The minimum Gasteiger partial charge on any atom is -0.381 e. The van der Waals surface area contributed by atoms with Gasteiger partial charge in [-0.25, -0.2) is 0 Å². The number of nitrogens with one attached hydrogen (secondary N) is 1. The smallest absolute Gasteiger partial charge is 0.0571 e. The fraction of sp³-hybridized carbons (Fsp3) is 1.00. The normalized spacial score (nSPS) is 32.4. The third-order valence-corrected chi connectivity index (χ3v) is 5.14. The lowest BCUT2D eigenvalue weighted by molar-refractivity contribution is 0.0521. The van der Waals surface area contributed by atoms with Crippen molar-refractivity contribution in [2.75, 3.05) is 33.3 Å². The zero-order chi connectivity index (χ0) is 13.7. The Labute approximate surface area is 119 Å². The van der Waals surface area contributed by atoms with Crippen LogP contribution >= 0.6 is 0 Å². The molecule has 0 aromatic carbocycles. The SMILES string of the molecule is COC1CCC(CCCN2CCNCC2(C)C)CC1. The summed E-state index contributed by atoms with van der Waals surface area (Å²) in [6.45, 7) is 9.50. The first-order valence-corrected chi connectivity index (χ1v) is 8.10. The maximum Gasteiger partial charge on any atom is 0.0571 e. The zero-order valence-electron chi connectivity index (χ0n) is 13.1. The molecule has 0 aromatic rings. The molecule has 3 nitrogen and oxygen atoms in total. The summed E-state index contributed by atoms with van der Waals surface area (Å²) in [4.78, 5) is 2.67. The van der Waals surface area contributed by atoms with E-state index in [4.69, 9.17) is 4.74 Å². The molecular weight excluding hydrogens is 236 g/mol. The van der Waals surface area contributed by atoms with Gasteiger partial charge in [0.2, 0.25) is 0 Å². The van der Waals surface area contributed by atoms with Crippen molar-refractivity contribution in [1.82, 2.24) is 10.2 Å². The molecule has 19 heavy (non-hydrogen) atoms. The van der Waals surface area contributed by atoms with E-state index in [0.29, 0.717) is 11.6 Å². The summed E-state index contributed by atoms with van der Waals surface area (Å²) < 4.78 is 5.45. The topological polar surface area (TPSA) is 24.5 Å². The molecule has 2 rings (SSSR count). The van der Waals surface area contributed by atoms with Crippen molar-refractivity contribution >= 4 is 0 Å². The van der Waals surface area contributed by atoms with Crippen LogP contribution < -0.4 is 5.32 Å². The van der Waals surface area contributed by atoms with Crippen molar-refractivity contribution in [3.63, 3.8) is 0 Å². The summed E-state index contributed by atoms with van der Waals surface area (Å²) in [5, 5.41) is 3.50. The van der Waals surface area contributed by atoms with Crippen LogP contribution in [0.5, 0.6) is 0 Å². The van der Waals surface area contributed by atoms with Crippen molar-refractivity contribution in [2.24, 2.45) is 5.92 Å². The monoisotopic (exact) mass is 268 g/mol. The fourth-order valence-corrected chi connectivity index (χ4v) is 3.66. The van der Waals surface area contributed by atoms with Gasteiger partial charge in [-0.05, 0) is 64.8 Å². The number of hydrogen-bond acceptors (Lipinski definition) is 3. The largest absolute Gasteiger partial charge is 0.381 e. The highest BCUT2D eigenvalue weighted by Gasteiger charge is 2.29. The van der Waals surface area contributed by atoms with E-state index in [2.05, 4.69) is 24.1 Å². The average molecular weight is 268 g/mol. The Morgan fingerprint density at radius 2 is 1.95 bits per heavy atom. The molecule has 1 saturated heterocycles. The first kappa shape index (κ1) is 15.3. The van der Waals surface area contributed by atoms with Crippen LogP contribution in [0.3, 0.4) is 0 Å². The second kappa shape index (κ2) is 7.05. The molecule has 1 aliphatic carbocycles. The highest BCUT2D eigenvalue weighted by Crippen LogP contribution is 2.29. The van der Waals surface area contributed by atoms with Crippen LogP contribution in [-0.4, -0.2) is 49.8 Å². The van der Waals surface area contributed by atoms with Crippen molar-refractivity contribution < 1.29 is 4.74 Å². The highest BCUT2D eigenvalue weighted by molar-refractivity contribution is 4.88. The summed E-state index contributed by atoms with van der Waals surface area (Å²) in [5.74, 6) is 0.956. The molecule has 0 bridgehead atoms. The van der Waals surface area contributed by atoms with E-state index in [-0.39, 0.29) is 0 Å². The summed E-state index contributed by atoms with van der Waals surface area (Å²) in [6, 6.07) is 0. The van der Waals surface area contributed by atoms with Crippen LogP contribution in [0.1, 0.15) is 52.4 Å². The molecular formula is C16H32N2O. The lowest BCUT2D eigenvalue weighted by atomic mass is 9.84. The van der Waals surface area contributed by atoms with E-state index < -0.39 is 0 Å². The zero-order valence-corrected chi connectivity index (χ0v) is 13.1. The van der Waals surface area contributed by atoms with Gasteiger partial charge >= 0.3 is 0 Å². The molecule has 112 valence electrons. The lowest BCUT2D eigenvalue weighted by Gasteiger charge is -2.43. The van der Waals surface area contributed by atoms with Gasteiger partial charge in [-0.1, -0.05) is 0 Å². The number of methoxy groups -OCH3 is 1. The molecule has 1 saturated carbocycles. The first-order valence-electron chi connectivity index (χ1n) is 8.10. The molecule has 0 amide bonds. The van der Waals surface area contributed by atoms with Crippen LogP contribution in [0.15, 0.2) is 0 Å². The predicted octanol–water partition coefficient (Wildman–Crippen LogP) is 2.66. The van der Waals surface area contributed by atoms with Gasteiger partial charge in [0.1, 0.15) is 0 Å². The Bertz CT molecular complexity index is 259. The molecule has 0 unspecified atom stereocenters. The summed E-state index contributed by atoms with van der Waals surface area (Å²) >= 11 is 0. The standard InChI is InChI=1S/C16H32N2O/c1-16(2)13-17-10-12-18(16)11-4-5-14-6-8-15(19-3)9-7-14/h14-15,17H,4-13H2,1-3H3. The third kappa shape index (κ3) is 4.44. The van der Waals surface area contributed by atoms with Gasteiger partial charge in [-0.3, -0.25) is 4.90 Å². The van der Waals surface area contributed by atoms with E-state index in [0.717, 1.165) is 19.0 Å². The van der Waals surface area contributed by atoms with Gasteiger partial charge in [-0.15, -0.1) is 0 Å². The maximum absolute atomic E-state index is 5.45. The molecule has 0 aromatic heterocycles. The van der Waals surface area contributed by atoms with Gasteiger partial charge in [-0.2, -0.15) is 0 Å². The van der Waals surface area contributed by atoms with Gasteiger partial charge in [0, 0.05) is 32.3 Å². The molecule has 0 atom stereocenters. The Morgan fingerprint density at radius 1 is 1.21 bits per heavy atom. The molecule has 1 aliphatic heterocycles. The van der Waals surface area contributed by atoms with Crippen LogP contribution in [0.4, 0.5) is 0 Å². The van der Waals surface area contributed by atoms with Gasteiger partial charge in [0.25, 0.3) is 0 Å². The Morgan fingerprint density at radius 3 is 2.58 bits per heavy atom. The number of piperazine rings is 1. The lowest BCUT2D eigenvalue weighted by Crippen LogP contribution is -2.57. The minimum atomic E-state index is 0.339. The Hall–Kier alpha value is -0.120. The second-order valence-electron chi connectivity index (χ2n) is 7.00. The fourth-order valence-electron chi connectivity index (χ4n) is 3.66. The average Bonchev–Trinajstić information content (AvgIpc) is 2.41. The highest BCUT2D eigenvalue weighted by atomic mass is 16.5. The summed E-state index contributed by atoms with van der Waals surface area (Å²) in [6.07, 6.45) is 8.64. The second-order valence-corrected chi connectivity index (χ2v) is 7.00. The third-order valence-electron chi connectivity index (χ3n) is 5.14. The van der Waals surface area contributed by atoms with Crippen molar-refractivity contribution in [3.05, 3.63) is 0 Å². The Balaban J connectivity index is 1.64. The molecule has 3 heteroatoms. The van der Waals surface area contributed by atoms with E-state index in [1.54, 1.807) is 0 Å². The number of hydrogen-bond donors (Lipinski definition) is 1. The molecule has 0 spiro atoms. The Kier molecular flexibility index (Phi) is 5.67. The van der Waals surface area contributed by atoms with Gasteiger partial charge in [0.15, 0.2) is 0 Å². The summed E-state index contributed by atoms with van der Waals surface area (Å²) in [5.41, 5.74) is 0.339. The number of nitrogens with zero attached hydrogens (tertiary/aromatic N) is 1. The quantitative estimate of drug-likeness (QED) is 0.829. The predicted molar refractivity (Wildman–Crippen MR) is 80.5 cm³/mol. The van der Waals surface area contributed by atoms with Crippen LogP contribution in [0.2, 0.25) is 0 Å².